The standard InChI is InChI=1S/C42H53NSi/c1-27-25-36-30(28-13-5-4-6-14-28)17-11-18-33(36)41(27)44(2,3)42-34-19-12-22-40(37(34)26-35(42)29-23-24-29)43-38-20-9-7-15-31(38)32-16-8-10-21-39(32)43/h4-10,13-16,20-21,27,29-30,33-37,40-42H,11-12,17-19,22-26H2,1-3H3. The van der Waals surface area contributed by atoms with Crippen molar-refractivity contribution in [2.75, 3.05) is 0 Å². The fourth-order valence-corrected chi connectivity index (χ4v) is 19.9. The highest BCUT2D eigenvalue weighted by molar-refractivity contribution is 6.80. The molecule has 4 aromatic rings. The van der Waals surface area contributed by atoms with Crippen molar-refractivity contribution in [1.82, 2.24) is 4.57 Å². The second kappa shape index (κ2) is 10.6. The van der Waals surface area contributed by atoms with E-state index in [2.05, 4.69) is 103 Å². The first-order chi connectivity index (χ1) is 21.5. The van der Waals surface area contributed by atoms with Crippen LogP contribution in [0.25, 0.3) is 21.8 Å². The molecule has 10 unspecified atom stereocenters. The van der Waals surface area contributed by atoms with Gasteiger partial charge >= 0.3 is 0 Å². The Morgan fingerprint density at radius 1 is 0.568 bits per heavy atom. The highest BCUT2D eigenvalue weighted by Gasteiger charge is 2.62. The van der Waals surface area contributed by atoms with Crippen LogP contribution in [-0.2, 0) is 0 Å². The summed E-state index contributed by atoms with van der Waals surface area (Å²) in [6.45, 7) is 8.59. The quantitative estimate of drug-likeness (QED) is 0.201. The number of fused-ring (bicyclic) bond motifs is 5. The van der Waals surface area contributed by atoms with E-state index in [1.54, 1.807) is 5.56 Å². The topological polar surface area (TPSA) is 4.93 Å². The van der Waals surface area contributed by atoms with Crippen molar-refractivity contribution in [3.8, 4) is 0 Å². The first-order valence-electron chi connectivity index (χ1n) is 18.5. The molecule has 0 N–H and O–H groups in total. The Bertz CT molecular complexity index is 1590. The Morgan fingerprint density at radius 2 is 1.18 bits per heavy atom. The lowest BCUT2D eigenvalue weighted by molar-refractivity contribution is 0.190. The largest absolute Gasteiger partial charge is 0.337 e. The molecule has 0 bridgehead atoms. The number of nitrogens with zero attached hydrogens (tertiary/aromatic N) is 1. The molecule has 0 spiro atoms. The molecule has 1 aromatic heterocycles. The molecule has 2 heteroatoms. The average Bonchev–Trinajstić information content (AvgIpc) is 3.60. The average molecular weight is 600 g/mol. The molecule has 0 aliphatic heterocycles. The van der Waals surface area contributed by atoms with Crippen molar-refractivity contribution in [2.45, 2.75) is 107 Å². The summed E-state index contributed by atoms with van der Waals surface area (Å²) in [4.78, 5) is 0. The van der Waals surface area contributed by atoms with E-state index < -0.39 is 8.07 Å². The first-order valence-corrected chi connectivity index (χ1v) is 21.7. The third kappa shape index (κ3) is 4.21. The number of hydrogen-bond donors (Lipinski definition) is 0. The summed E-state index contributed by atoms with van der Waals surface area (Å²) >= 11 is 0. The molecule has 0 radical (unpaired) electrons. The van der Waals surface area contributed by atoms with Crippen LogP contribution in [0.1, 0.15) is 88.7 Å². The number of para-hydroxylation sites is 2. The third-order valence-corrected chi connectivity index (χ3v) is 19.8. The van der Waals surface area contributed by atoms with E-state index in [0.29, 0.717) is 6.04 Å². The number of benzene rings is 3. The van der Waals surface area contributed by atoms with Crippen LogP contribution in [-0.4, -0.2) is 12.6 Å². The normalized spacial score (nSPS) is 37.3. The zero-order chi connectivity index (χ0) is 29.6. The molecule has 3 aromatic carbocycles. The van der Waals surface area contributed by atoms with Crippen LogP contribution in [0.5, 0.6) is 0 Å². The summed E-state index contributed by atoms with van der Waals surface area (Å²) in [5, 5.41) is 2.92. The van der Waals surface area contributed by atoms with Gasteiger partial charge in [0.05, 0.1) is 8.07 Å². The van der Waals surface area contributed by atoms with Gasteiger partial charge in [-0.25, -0.2) is 0 Å². The SMILES string of the molecule is CC1CC2C(c3ccccc3)CCCC2C1[Si](C)(C)C1C(C2CC2)CC2C1CCCC2n1c2ccccc2c2ccccc21. The lowest BCUT2D eigenvalue weighted by Crippen LogP contribution is -2.47. The maximum absolute atomic E-state index is 2.94. The van der Waals surface area contributed by atoms with Crippen molar-refractivity contribution in [2.24, 2.45) is 41.4 Å². The van der Waals surface area contributed by atoms with Crippen molar-refractivity contribution >= 4 is 29.9 Å². The van der Waals surface area contributed by atoms with Gasteiger partial charge < -0.3 is 4.57 Å². The van der Waals surface area contributed by atoms with Crippen molar-refractivity contribution in [1.29, 1.82) is 0 Å². The van der Waals surface area contributed by atoms with Crippen LogP contribution in [0.2, 0.25) is 24.2 Å². The molecule has 1 heterocycles. The molecule has 5 saturated carbocycles. The van der Waals surface area contributed by atoms with Crippen molar-refractivity contribution in [3.05, 3.63) is 84.4 Å². The van der Waals surface area contributed by atoms with Gasteiger partial charge in [-0.15, -0.1) is 0 Å². The summed E-state index contributed by atoms with van der Waals surface area (Å²) in [5.74, 6) is 7.45. The van der Waals surface area contributed by atoms with Gasteiger partial charge in [-0.2, -0.15) is 0 Å². The Hall–Kier alpha value is -2.32. The molecule has 5 fully saturated rings. The van der Waals surface area contributed by atoms with Crippen LogP contribution in [0, 0.1) is 41.4 Å². The smallest absolute Gasteiger partial charge is 0.0547 e. The van der Waals surface area contributed by atoms with Crippen LogP contribution >= 0.6 is 0 Å². The van der Waals surface area contributed by atoms with Gasteiger partial charge in [-0.1, -0.05) is 112 Å². The van der Waals surface area contributed by atoms with Gasteiger partial charge in [-0.3, -0.25) is 0 Å². The Kier molecular flexibility index (Phi) is 6.74. The van der Waals surface area contributed by atoms with Gasteiger partial charge in [0.1, 0.15) is 0 Å². The Morgan fingerprint density at radius 3 is 1.86 bits per heavy atom. The molecular weight excluding hydrogens is 547 g/mol. The predicted molar refractivity (Wildman–Crippen MR) is 189 cm³/mol. The second-order valence-electron chi connectivity index (χ2n) is 16.8. The third-order valence-electron chi connectivity index (χ3n) is 14.5. The molecule has 10 atom stereocenters. The molecule has 5 aliphatic carbocycles. The van der Waals surface area contributed by atoms with Crippen LogP contribution in [0.3, 0.4) is 0 Å². The fourth-order valence-electron chi connectivity index (χ4n) is 13.3. The highest BCUT2D eigenvalue weighted by atomic mass is 28.3. The summed E-state index contributed by atoms with van der Waals surface area (Å²) in [5.41, 5.74) is 6.66. The van der Waals surface area contributed by atoms with Crippen LogP contribution in [0.4, 0.5) is 0 Å². The summed E-state index contributed by atoms with van der Waals surface area (Å²) in [7, 11) is -1.56. The summed E-state index contributed by atoms with van der Waals surface area (Å²) < 4.78 is 2.86. The van der Waals surface area contributed by atoms with E-state index in [-0.39, 0.29) is 0 Å². The summed E-state index contributed by atoms with van der Waals surface area (Å²) in [6.07, 6.45) is 14.7. The second-order valence-corrected chi connectivity index (χ2v) is 21.8. The van der Waals surface area contributed by atoms with E-state index >= 15 is 0 Å². The van der Waals surface area contributed by atoms with Crippen molar-refractivity contribution < 1.29 is 0 Å². The van der Waals surface area contributed by atoms with Gasteiger partial charge in [0.2, 0.25) is 0 Å². The van der Waals surface area contributed by atoms with Crippen LogP contribution < -0.4 is 0 Å². The predicted octanol–water partition coefficient (Wildman–Crippen LogP) is 11.9. The molecule has 0 saturated heterocycles. The molecule has 44 heavy (non-hydrogen) atoms. The number of rotatable bonds is 5. The van der Waals surface area contributed by atoms with E-state index in [1.165, 1.54) is 86.0 Å². The zero-order valence-corrected chi connectivity index (χ0v) is 28.4. The minimum Gasteiger partial charge on any atom is -0.337 e. The molecular formula is C42H53NSi. The number of aromatic nitrogens is 1. The lowest BCUT2D eigenvalue weighted by Gasteiger charge is -2.49. The van der Waals surface area contributed by atoms with E-state index in [0.717, 1.165) is 58.4 Å². The van der Waals surface area contributed by atoms with Crippen LogP contribution in [0.15, 0.2) is 78.9 Å². The zero-order valence-electron chi connectivity index (χ0n) is 27.4. The summed E-state index contributed by atoms with van der Waals surface area (Å²) in [6, 6.07) is 31.0. The molecule has 1 nitrogen and oxygen atoms in total. The van der Waals surface area contributed by atoms with E-state index in [1.807, 2.05) is 0 Å². The lowest BCUT2D eigenvalue weighted by atomic mass is 9.71. The van der Waals surface area contributed by atoms with E-state index in [4.69, 9.17) is 0 Å². The molecule has 9 rings (SSSR count). The minimum absolute atomic E-state index is 0.667. The van der Waals surface area contributed by atoms with E-state index in [9.17, 15) is 0 Å². The fraction of sp³-hybridized carbons (Fsp3) is 0.571. The Balaban J connectivity index is 1.09. The van der Waals surface area contributed by atoms with Gasteiger partial charge in [-0.05, 0) is 115 Å². The highest BCUT2D eigenvalue weighted by Crippen LogP contribution is 2.69. The van der Waals surface area contributed by atoms with Crippen molar-refractivity contribution in [3.63, 3.8) is 0 Å². The van der Waals surface area contributed by atoms with Gasteiger partial charge in [0.25, 0.3) is 0 Å². The Labute approximate surface area is 266 Å². The first kappa shape index (κ1) is 27.9. The van der Waals surface area contributed by atoms with Gasteiger partial charge in [0.15, 0.2) is 0 Å². The minimum atomic E-state index is -1.56. The maximum Gasteiger partial charge on any atom is 0.0547 e. The molecule has 0 amide bonds. The van der Waals surface area contributed by atoms with Gasteiger partial charge in [0, 0.05) is 27.8 Å². The molecule has 5 aliphatic rings. The maximum atomic E-state index is 2.94. The number of hydrogen-bond acceptors (Lipinski definition) is 0. The molecule has 230 valence electrons. The monoisotopic (exact) mass is 599 g/mol.